The van der Waals surface area contributed by atoms with Crippen LogP contribution in [0.3, 0.4) is 0 Å². The van der Waals surface area contributed by atoms with Gasteiger partial charge in [-0.3, -0.25) is 9.59 Å². The van der Waals surface area contributed by atoms with Crippen molar-refractivity contribution in [1.29, 1.82) is 0 Å². The summed E-state index contributed by atoms with van der Waals surface area (Å²) in [6.07, 6.45) is -3.60. The van der Waals surface area contributed by atoms with Crippen LogP contribution in [0.2, 0.25) is 0 Å². The topological polar surface area (TPSA) is 61.4 Å². The summed E-state index contributed by atoms with van der Waals surface area (Å²) in [6.45, 7) is 2.26. The molecule has 0 saturated carbocycles. The standard InChI is InChI=1S/C13H20F3N3O2/c1-9(7-19-6-2-3-10(19)20)18-11(21)12(13(14,15)16)4-5-17-8-12/h9,17H,2-8H2,1H3,(H,18,21). The Kier molecular flexibility index (Phi) is 4.46. The summed E-state index contributed by atoms with van der Waals surface area (Å²) < 4.78 is 39.7. The molecular formula is C13H20F3N3O2. The van der Waals surface area contributed by atoms with Crippen LogP contribution < -0.4 is 10.6 Å². The second-order valence-corrected chi connectivity index (χ2v) is 5.82. The van der Waals surface area contributed by atoms with Crippen LogP contribution >= 0.6 is 0 Å². The minimum atomic E-state index is -4.58. The van der Waals surface area contributed by atoms with Crippen molar-refractivity contribution in [1.82, 2.24) is 15.5 Å². The third-order valence-corrected chi connectivity index (χ3v) is 4.18. The van der Waals surface area contributed by atoms with Gasteiger partial charge in [0.2, 0.25) is 11.8 Å². The first-order chi connectivity index (χ1) is 9.76. The minimum absolute atomic E-state index is 0.0100. The Morgan fingerprint density at radius 2 is 2.24 bits per heavy atom. The molecule has 0 aromatic rings. The van der Waals surface area contributed by atoms with Gasteiger partial charge in [0.25, 0.3) is 0 Å². The number of alkyl halides is 3. The number of hydrogen-bond donors (Lipinski definition) is 2. The Morgan fingerprint density at radius 1 is 1.52 bits per heavy atom. The van der Waals surface area contributed by atoms with Crippen LogP contribution in [-0.2, 0) is 9.59 Å². The fraction of sp³-hybridized carbons (Fsp3) is 0.846. The van der Waals surface area contributed by atoms with Gasteiger partial charge in [-0.1, -0.05) is 0 Å². The van der Waals surface area contributed by atoms with Gasteiger partial charge in [-0.05, 0) is 26.3 Å². The molecule has 2 saturated heterocycles. The molecule has 0 aromatic carbocycles. The lowest BCUT2D eigenvalue weighted by molar-refractivity contribution is -0.216. The molecule has 2 aliphatic rings. The van der Waals surface area contributed by atoms with Crippen molar-refractivity contribution in [2.45, 2.75) is 38.4 Å². The third kappa shape index (κ3) is 3.14. The minimum Gasteiger partial charge on any atom is -0.351 e. The van der Waals surface area contributed by atoms with Crippen molar-refractivity contribution >= 4 is 11.8 Å². The Hall–Kier alpha value is -1.31. The average molecular weight is 307 g/mol. The van der Waals surface area contributed by atoms with Crippen LogP contribution in [0, 0.1) is 5.41 Å². The number of carbonyl (C=O) groups is 2. The van der Waals surface area contributed by atoms with Gasteiger partial charge in [-0.15, -0.1) is 0 Å². The number of halogens is 3. The molecule has 2 unspecified atom stereocenters. The van der Waals surface area contributed by atoms with Crippen molar-refractivity contribution in [3.05, 3.63) is 0 Å². The van der Waals surface area contributed by atoms with E-state index in [1.165, 1.54) is 0 Å². The zero-order chi connectivity index (χ0) is 15.7. The van der Waals surface area contributed by atoms with E-state index < -0.39 is 30.1 Å². The first-order valence-electron chi connectivity index (χ1n) is 7.12. The number of rotatable bonds is 4. The Bertz CT molecular complexity index is 419. The number of likely N-dealkylation sites (tertiary alicyclic amines) is 1. The van der Waals surface area contributed by atoms with Gasteiger partial charge in [0.15, 0.2) is 5.41 Å². The van der Waals surface area contributed by atoms with Gasteiger partial charge in [0, 0.05) is 32.1 Å². The summed E-state index contributed by atoms with van der Waals surface area (Å²) in [7, 11) is 0. The number of carbonyl (C=O) groups excluding carboxylic acids is 2. The van der Waals surface area contributed by atoms with E-state index in [2.05, 4.69) is 10.6 Å². The first-order valence-corrected chi connectivity index (χ1v) is 7.12. The molecule has 5 nitrogen and oxygen atoms in total. The quantitative estimate of drug-likeness (QED) is 0.802. The average Bonchev–Trinajstić information content (AvgIpc) is 2.99. The van der Waals surface area contributed by atoms with E-state index in [1.54, 1.807) is 11.8 Å². The molecule has 0 bridgehead atoms. The molecule has 21 heavy (non-hydrogen) atoms. The van der Waals surface area contributed by atoms with Crippen molar-refractivity contribution in [2.75, 3.05) is 26.2 Å². The van der Waals surface area contributed by atoms with Gasteiger partial charge in [-0.25, -0.2) is 0 Å². The van der Waals surface area contributed by atoms with Gasteiger partial charge >= 0.3 is 6.18 Å². The van der Waals surface area contributed by atoms with Crippen molar-refractivity contribution in [3.8, 4) is 0 Å². The highest BCUT2D eigenvalue weighted by molar-refractivity contribution is 5.84. The zero-order valence-corrected chi connectivity index (χ0v) is 11.9. The van der Waals surface area contributed by atoms with Crippen LogP contribution in [0.5, 0.6) is 0 Å². The highest BCUT2D eigenvalue weighted by Crippen LogP contribution is 2.43. The molecule has 2 fully saturated rings. The summed E-state index contributed by atoms with van der Waals surface area (Å²) in [5.74, 6) is -1.01. The monoisotopic (exact) mass is 307 g/mol. The van der Waals surface area contributed by atoms with E-state index in [1.807, 2.05) is 0 Å². The molecule has 2 N–H and O–H groups in total. The van der Waals surface area contributed by atoms with Crippen molar-refractivity contribution in [3.63, 3.8) is 0 Å². The molecule has 0 aliphatic carbocycles. The second-order valence-electron chi connectivity index (χ2n) is 5.82. The molecule has 0 radical (unpaired) electrons. The van der Waals surface area contributed by atoms with Gasteiger partial charge in [-0.2, -0.15) is 13.2 Å². The lowest BCUT2D eigenvalue weighted by atomic mass is 9.85. The maximum Gasteiger partial charge on any atom is 0.404 e. The van der Waals surface area contributed by atoms with Crippen molar-refractivity contribution < 1.29 is 22.8 Å². The lowest BCUT2D eigenvalue weighted by Gasteiger charge is -2.31. The Morgan fingerprint density at radius 3 is 2.71 bits per heavy atom. The highest BCUT2D eigenvalue weighted by Gasteiger charge is 2.61. The Balaban J connectivity index is 1.97. The summed E-state index contributed by atoms with van der Waals surface area (Å²) in [6, 6.07) is -0.501. The fourth-order valence-electron chi connectivity index (χ4n) is 2.89. The van der Waals surface area contributed by atoms with Gasteiger partial charge in [0.1, 0.15) is 0 Å². The molecular weight excluding hydrogens is 287 g/mol. The SMILES string of the molecule is CC(CN1CCCC1=O)NC(=O)C1(C(F)(F)F)CCNC1. The molecule has 2 aliphatic heterocycles. The molecule has 2 heterocycles. The molecule has 0 spiro atoms. The molecule has 8 heteroatoms. The molecule has 120 valence electrons. The molecule has 0 aromatic heterocycles. The number of nitrogens with one attached hydrogen (secondary N) is 2. The zero-order valence-electron chi connectivity index (χ0n) is 11.9. The fourth-order valence-corrected chi connectivity index (χ4v) is 2.89. The largest absolute Gasteiger partial charge is 0.404 e. The summed E-state index contributed by atoms with van der Waals surface area (Å²) in [5, 5.41) is 5.03. The molecule has 2 rings (SSSR count). The summed E-state index contributed by atoms with van der Waals surface area (Å²) in [5.41, 5.74) is -2.35. The van der Waals surface area contributed by atoms with Crippen LogP contribution in [0.4, 0.5) is 13.2 Å². The van der Waals surface area contributed by atoms with Crippen LogP contribution in [-0.4, -0.2) is 55.1 Å². The maximum atomic E-state index is 13.2. The van der Waals surface area contributed by atoms with E-state index in [-0.39, 0.29) is 25.4 Å². The van der Waals surface area contributed by atoms with Gasteiger partial charge < -0.3 is 15.5 Å². The van der Waals surface area contributed by atoms with E-state index in [9.17, 15) is 22.8 Å². The summed E-state index contributed by atoms with van der Waals surface area (Å²) in [4.78, 5) is 25.2. The van der Waals surface area contributed by atoms with Crippen LogP contribution in [0.25, 0.3) is 0 Å². The van der Waals surface area contributed by atoms with E-state index >= 15 is 0 Å². The van der Waals surface area contributed by atoms with Gasteiger partial charge in [0.05, 0.1) is 0 Å². The third-order valence-electron chi connectivity index (χ3n) is 4.18. The smallest absolute Gasteiger partial charge is 0.351 e. The number of hydrogen-bond acceptors (Lipinski definition) is 3. The molecule has 2 amide bonds. The van der Waals surface area contributed by atoms with E-state index in [0.29, 0.717) is 13.0 Å². The molecule has 2 atom stereocenters. The predicted octanol–water partition coefficient (Wildman–Crippen LogP) is 0.655. The highest BCUT2D eigenvalue weighted by atomic mass is 19.4. The van der Waals surface area contributed by atoms with Crippen LogP contribution in [0.15, 0.2) is 0 Å². The van der Waals surface area contributed by atoms with Crippen molar-refractivity contribution in [2.24, 2.45) is 5.41 Å². The number of nitrogens with zero attached hydrogens (tertiary/aromatic N) is 1. The Labute approximate surface area is 121 Å². The number of amides is 2. The van der Waals surface area contributed by atoms with E-state index in [4.69, 9.17) is 0 Å². The van der Waals surface area contributed by atoms with Crippen LogP contribution in [0.1, 0.15) is 26.2 Å². The lowest BCUT2D eigenvalue weighted by Crippen LogP contribution is -2.55. The first kappa shape index (κ1) is 16.1. The normalized spacial score (nSPS) is 28.0. The maximum absolute atomic E-state index is 13.2. The van der Waals surface area contributed by atoms with E-state index in [0.717, 1.165) is 6.42 Å². The summed E-state index contributed by atoms with van der Waals surface area (Å²) >= 11 is 0. The second kappa shape index (κ2) is 5.82. The predicted molar refractivity (Wildman–Crippen MR) is 69.4 cm³/mol.